The molecule has 0 aromatic rings. The quantitative estimate of drug-likeness (QED) is 0.138. The van der Waals surface area contributed by atoms with Crippen LogP contribution in [0, 0.1) is 5.92 Å². The second kappa shape index (κ2) is 15.5. The van der Waals surface area contributed by atoms with Crippen LogP contribution in [0.4, 0.5) is 0 Å². The summed E-state index contributed by atoms with van der Waals surface area (Å²) >= 11 is 1.39. The number of nitrogens with two attached hydrogens (primary N) is 1. The van der Waals surface area contributed by atoms with E-state index in [4.69, 9.17) is 10.8 Å². The van der Waals surface area contributed by atoms with Gasteiger partial charge in [0.1, 0.15) is 18.1 Å². The van der Waals surface area contributed by atoms with E-state index in [1.54, 1.807) is 6.26 Å². The molecule has 0 radical (unpaired) electrons. The standard InChI is InChI=1S/C20H36N4O8S/c1-10(2)9-12(21)17(28)24-16(11(3)25)19(30)22-13(5-6-15(26)27)18(29)23-14(20(31)32)7-8-33-4/h10-14,16,25H,5-9,21H2,1-4H3,(H,22,30)(H,23,29)(H,24,28)(H,26,27)(H,31,32). The summed E-state index contributed by atoms with van der Waals surface area (Å²) in [4.78, 5) is 60.1. The lowest BCUT2D eigenvalue weighted by atomic mass is 10.0. The minimum atomic E-state index is -1.46. The molecule has 0 saturated carbocycles. The van der Waals surface area contributed by atoms with E-state index in [2.05, 4.69) is 16.0 Å². The average molecular weight is 493 g/mol. The number of amides is 3. The minimum absolute atomic E-state index is 0.113. The monoisotopic (exact) mass is 492 g/mol. The Morgan fingerprint density at radius 1 is 0.879 bits per heavy atom. The van der Waals surface area contributed by atoms with Gasteiger partial charge in [0.15, 0.2) is 0 Å². The van der Waals surface area contributed by atoms with Crippen LogP contribution in [-0.4, -0.2) is 87.3 Å². The number of carboxylic acids is 2. The summed E-state index contributed by atoms with van der Waals surface area (Å²) in [6.45, 7) is 4.98. The number of aliphatic hydroxyl groups excluding tert-OH is 1. The molecule has 0 aliphatic rings. The van der Waals surface area contributed by atoms with Gasteiger partial charge in [0, 0.05) is 6.42 Å². The number of nitrogens with one attached hydrogen (secondary N) is 3. The molecular formula is C20H36N4O8S. The van der Waals surface area contributed by atoms with Gasteiger partial charge in [-0.05, 0) is 44.1 Å². The first-order valence-corrected chi connectivity index (χ1v) is 12.0. The predicted octanol–water partition coefficient (Wildman–Crippen LogP) is -1.10. The second-order valence-electron chi connectivity index (χ2n) is 8.14. The molecule has 0 aromatic heterocycles. The summed E-state index contributed by atoms with van der Waals surface area (Å²) in [5.41, 5.74) is 5.81. The topological polar surface area (TPSA) is 208 Å². The Bertz CT molecular complexity index is 689. The maximum absolute atomic E-state index is 12.7. The van der Waals surface area contributed by atoms with Crippen molar-refractivity contribution in [2.24, 2.45) is 11.7 Å². The third-order valence-corrected chi connectivity index (χ3v) is 5.27. The molecule has 0 aliphatic heterocycles. The Kier molecular flexibility index (Phi) is 14.3. The maximum Gasteiger partial charge on any atom is 0.326 e. The van der Waals surface area contributed by atoms with Crippen molar-refractivity contribution in [3.05, 3.63) is 0 Å². The highest BCUT2D eigenvalue weighted by Crippen LogP contribution is 2.07. The summed E-state index contributed by atoms with van der Waals surface area (Å²) in [5, 5.41) is 35.2. The summed E-state index contributed by atoms with van der Waals surface area (Å²) in [7, 11) is 0. The Balaban J connectivity index is 5.45. The molecule has 0 saturated heterocycles. The van der Waals surface area contributed by atoms with Gasteiger partial charge in [-0.2, -0.15) is 11.8 Å². The molecule has 0 rings (SSSR count). The van der Waals surface area contributed by atoms with E-state index < -0.39 is 66.4 Å². The van der Waals surface area contributed by atoms with Gasteiger partial charge in [-0.15, -0.1) is 0 Å². The highest BCUT2D eigenvalue weighted by atomic mass is 32.2. The molecule has 0 aliphatic carbocycles. The Labute approximate surface area is 197 Å². The van der Waals surface area contributed by atoms with Gasteiger partial charge in [0.25, 0.3) is 0 Å². The molecule has 13 heteroatoms. The van der Waals surface area contributed by atoms with E-state index in [1.807, 2.05) is 13.8 Å². The highest BCUT2D eigenvalue weighted by molar-refractivity contribution is 7.98. The molecule has 0 aromatic carbocycles. The Morgan fingerprint density at radius 2 is 1.45 bits per heavy atom. The van der Waals surface area contributed by atoms with Crippen LogP contribution in [-0.2, 0) is 24.0 Å². The summed E-state index contributed by atoms with van der Waals surface area (Å²) in [6, 6.07) is -5.00. The number of aliphatic carboxylic acids is 2. The van der Waals surface area contributed by atoms with Crippen molar-refractivity contribution in [2.75, 3.05) is 12.0 Å². The lowest BCUT2D eigenvalue weighted by molar-refractivity contribution is -0.143. The molecule has 190 valence electrons. The van der Waals surface area contributed by atoms with Gasteiger partial charge >= 0.3 is 11.9 Å². The fourth-order valence-electron chi connectivity index (χ4n) is 2.84. The van der Waals surface area contributed by atoms with Crippen molar-refractivity contribution < 1.29 is 39.3 Å². The van der Waals surface area contributed by atoms with Crippen LogP contribution < -0.4 is 21.7 Å². The van der Waals surface area contributed by atoms with Crippen molar-refractivity contribution >= 4 is 41.4 Å². The van der Waals surface area contributed by atoms with E-state index in [0.717, 1.165) is 0 Å². The van der Waals surface area contributed by atoms with Gasteiger partial charge < -0.3 is 37.0 Å². The maximum atomic E-state index is 12.7. The lowest BCUT2D eigenvalue weighted by Crippen LogP contribution is -2.59. The van der Waals surface area contributed by atoms with Crippen LogP contribution >= 0.6 is 11.8 Å². The van der Waals surface area contributed by atoms with Gasteiger partial charge in [-0.1, -0.05) is 13.8 Å². The van der Waals surface area contributed by atoms with Crippen LogP contribution in [0.3, 0.4) is 0 Å². The van der Waals surface area contributed by atoms with Crippen molar-refractivity contribution in [2.45, 2.75) is 76.7 Å². The molecule has 0 bridgehead atoms. The van der Waals surface area contributed by atoms with E-state index in [-0.39, 0.29) is 18.8 Å². The molecule has 5 unspecified atom stereocenters. The van der Waals surface area contributed by atoms with Gasteiger partial charge in [0.05, 0.1) is 12.1 Å². The Morgan fingerprint density at radius 3 is 1.91 bits per heavy atom. The SMILES string of the molecule is CSCCC(NC(=O)C(CCC(=O)O)NC(=O)C(NC(=O)C(N)CC(C)C)C(C)O)C(=O)O. The van der Waals surface area contributed by atoms with Crippen LogP contribution in [0.5, 0.6) is 0 Å². The first-order chi connectivity index (χ1) is 15.3. The minimum Gasteiger partial charge on any atom is -0.481 e. The number of carboxylic acid groups (broad SMARTS) is 2. The number of carbonyl (C=O) groups excluding carboxylic acids is 3. The van der Waals surface area contributed by atoms with E-state index in [1.165, 1.54) is 18.7 Å². The number of rotatable bonds is 16. The van der Waals surface area contributed by atoms with Crippen LogP contribution in [0.25, 0.3) is 0 Å². The number of carbonyl (C=O) groups is 5. The summed E-state index contributed by atoms with van der Waals surface area (Å²) in [6.07, 6.45) is 0.0876. The van der Waals surface area contributed by atoms with E-state index in [0.29, 0.717) is 12.2 Å². The second-order valence-corrected chi connectivity index (χ2v) is 9.12. The number of aliphatic hydroxyl groups is 1. The summed E-state index contributed by atoms with van der Waals surface area (Å²) in [5.74, 6) is -4.41. The number of thioether (sulfide) groups is 1. The fraction of sp³-hybridized carbons (Fsp3) is 0.750. The summed E-state index contributed by atoms with van der Waals surface area (Å²) < 4.78 is 0. The number of hydrogen-bond acceptors (Lipinski definition) is 8. The average Bonchev–Trinajstić information content (AvgIpc) is 2.70. The zero-order valence-electron chi connectivity index (χ0n) is 19.4. The zero-order valence-corrected chi connectivity index (χ0v) is 20.2. The molecule has 33 heavy (non-hydrogen) atoms. The molecule has 8 N–H and O–H groups in total. The third-order valence-electron chi connectivity index (χ3n) is 4.63. The Hall–Kier alpha value is -2.38. The molecule has 5 atom stereocenters. The van der Waals surface area contributed by atoms with Crippen LogP contribution in [0.1, 0.15) is 46.5 Å². The lowest BCUT2D eigenvalue weighted by Gasteiger charge is -2.26. The van der Waals surface area contributed by atoms with Crippen molar-refractivity contribution in [3.8, 4) is 0 Å². The molecule has 0 heterocycles. The van der Waals surface area contributed by atoms with Gasteiger partial charge in [0.2, 0.25) is 17.7 Å². The first kappa shape index (κ1) is 30.6. The molecular weight excluding hydrogens is 456 g/mol. The van der Waals surface area contributed by atoms with E-state index in [9.17, 15) is 34.2 Å². The zero-order chi connectivity index (χ0) is 25.7. The molecule has 3 amide bonds. The molecule has 12 nitrogen and oxygen atoms in total. The normalized spacial score (nSPS) is 15.6. The molecule has 0 spiro atoms. The predicted molar refractivity (Wildman–Crippen MR) is 122 cm³/mol. The van der Waals surface area contributed by atoms with E-state index >= 15 is 0 Å². The largest absolute Gasteiger partial charge is 0.481 e. The molecule has 0 fully saturated rings. The smallest absolute Gasteiger partial charge is 0.326 e. The van der Waals surface area contributed by atoms with Gasteiger partial charge in [-0.3, -0.25) is 19.2 Å². The van der Waals surface area contributed by atoms with Crippen molar-refractivity contribution in [3.63, 3.8) is 0 Å². The first-order valence-electron chi connectivity index (χ1n) is 10.6. The fourth-order valence-corrected chi connectivity index (χ4v) is 3.32. The van der Waals surface area contributed by atoms with Crippen molar-refractivity contribution in [1.29, 1.82) is 0 Å². The van der Waals surface area contributed by atoms with Gasteiger partial charge in [-0.25, -0.2) is 4.79 Å². The highest BCUT2D eigenvalue weighted by Gasteiger charge is 2.32. The third kappa shape index (κ3) is 12.4. The van der Waals surface area contributed by atoms with Crippen molar-refractivity contribution in [1.82, 2.24) is 16.0 Å². The van der Waals surface area contributed by atoms with Crippen LogP contribution in [0.2, 0.25) is 0 Å². The number of hydrogen-bond donors (Lipinski definition) is 7. The van der Waals surface area contributed by atoms with Crippen LogP contribution in [0.15, 0.2) is 0 Å².